The van der Waals surface area contributed by atoms with E-state index in [-0.39, 0.29) is 16.2 Å². The maximum Gasteiger partial charge on any atom is 0.338 e. The van der Waals surface area contributed by atoms with Gasteiger partial charge in [0.05, 0.1) is 10.5 Å². The summed E-state index contributed by atoms with van der Waals surface area (Å²) in [7, 11) is -3.70. The van der Waals surface area contributed by atoms with E-state index in [1.165, 1.54) is 23.4 Å². The molecule has 3 aromatic rings. The first-order chi connectivity index (χ1) is 15.3. The Morgan fingerprint density at radius 1 is 1.06 bits per heavy atom. The fourth-order valence-electron chi connectivity index (χ4n) is 4.03. The van der Waals surface area contributed by atoms with Crippen molar-refractivity contribution in [3.05, 3.63) is 65.4 Å². The van der Waals surface area contributed by atoms with Crippen LogP contribution in [0.3, 0.4) is 0 Å². The Hall–Kier alpha value is -2.97. The number of sulfonamides is 1. The Labute approximate surface area is 187 Å². The highest BCUT2D eigenvalue weighted by atomic mass is 32.2. The fraction of sp³-hybridized carbons (Fsp3) is 0.333. The summed E-state index contributed by atoms with van der Waals surface area (Å²) in [6.45, 7) is 4.18. The third-order valence-electron chi connectivity index (χ3n) is 5.86. The first-order valence-corrected chi connectivity index (χ1v) is 12.1. The highest BCUT2D eigenvalue weighted by molar-refractivity contribution is 7.89. The average Bonchev–Trinajstić information content (AvgIpc) is 3.23. The predicted molar refractivity (Wildman–Crippen MR) is 121 cm³/mol. The van der Waals surface area contributed by atoms with Gasteiger partial charge in [-0.3, -0.25) is 4.79 Å². The second kappa shape index (κ2) is 8.88. The summed E-state index contributed by atoms with van der Waals surface area (Å²) in [6, 6.07) is 11.9. The molecule has 1 aliphatic heterocycles. The molecule has 1 N–H and O–H groups in total. The zero-order valence-corrected chi connectivity index (χ0v) is 18.9. The molecule has 7 nitrogen and oxygen atoms in total. The van der Waals surface area contributed by atoms with E-state index < -0.39 is 22.1 Å². The molecule has 1 aromatic heterocycles. The van der Waals surface area contributed by atoms with E-state index in [0.29, 0.717) is 24.2 Å². The summed E-state index contributed by atoms with van der Waals surface area (Å²) in [6.07, 6.45) is 3.25. The molecule has 0 aliphatic carbocycles. The molecule has 1 aliphatic rings. The van der Waals surface area contributed by atoms with Crippen LogP contribution in [-0.4, -0.2) is 48.7 Å². The molecule has 1 unspecified atom stereocenters. The minimum absolute atomic E-state index is 0.101. The minimum atomic E-state index is -3.70. The number of benzene rings is 2. The summed E-state index contributed by atoms with van der Waals surface area (Å²) < 4.78 is 33.1. The molecular weight excluding hydrogens is 428 g/mol. The van der Waals surface area contributed by atoms with Crippen LogP contribution in [0, 0.1) is 6.92 Å². The first-order valence-electron chi connectivity index (χ1n) is 10.7. The number of carbonyl (C=O) groups is 2. The van der Waals surface area contributed by atoms with Crippen molar-refractivity contribution in [2.24, 2.45) is 0 Å². The van der Waals surface area contributed by atoms with E-state index >= 15 is 0 Å². The summed E-state index contributed by atoms with van der Waals surface area (Å²) in [5, 5.41) is 0.755. The van der Waals surface area contributed by atoms with Gasteiger partial charge in [0.1, 0.15) is 0 Å². The monoisotopic (exact) mass is 454 g/mol. The lowest BCUT2D eigenvalue weighted by Gasteiger charge is -2.26. The lowest BCUT2D eigenvalue weighted by Crippen LogP contribution is -2.36. The molecule has 4 rings (SSSR count). The average molecular weight is 455 g/mol. The number of hydrogen-bond acceptors (Lipinski definition) is 5. The standard InChI is InChI=1S/C24H26N2O5S/c1-16-10-11-18(14-22(16)32(29,30)26-12-6-3-7-13-26)24(28)31-17(2)23(27)20-15-25-21-9-5-4-8-19(20)21/h4-5,8-11,14-15,17,25H,3,6-7,12-13H2,1-2H3. The number of carbonyl (C=O) groups excluding carboxylic acids is 2. The van der Waals surface area contributed by atoms with Gasteiger partial charge in [-0.15, -0.1) is 0 Å². The number of esters is 1. The largest absolute Gasteiger partial charge is 0.451 e. The lowest BCUT2D eigenvalue weighted by molar-refractivity contribution is 0.0319. The number of aromatic amines is 1. The zero-order valence-electron chi connectivity index (χ0n) is 18.1. The van der Waals surface area contributed by atoms with Gasteiger partial charge in [0.25, 0.3) is 0 Å². The number of ether oxygens (including phenoxy) is 1. The molecule has 0 radical (unpaired) electrons. The van der Waals surface area contributed by atoms with Crippen LogP contribution < -0.4 is 0 Å². The van der Waals surface area contributed by atoms with Crippen molar-refractivity contribution in [2.45, 2.75) is 44.1 Å². The van der Waals surface area contributed by atoms with E-state index in [1.807, 2.05) is 24.3 Å². The zero-order chi connectivity index (χ0) is 22.9. The number of nitrogens with one attached hydrogen (secondary N) is 1. The number of piperidine rings is 1. The second-order valence-electron chi connectivity index (χ2n) is 8.10. The fourth-order valence-corrected chi connectivity index (χ4v) is 5.79. The molecule has 2 heterocycles. The highest BCUT2D eigenvalue weighted by Gasteiger charge is 2.29. The first kappa shape index (κ1) is 22.2. The molecule has 1 saturated heterocycles. The number of aromatic nitrogens is 1. The van der Waals surface area contributed by atoms with Gasteiger partial charge in [0, 0.05) is 35.8 Å². The van der Waals surface area contributed by atoms with Crippen molar-refractivity contribution < 1.29 is 22.7 Å². The topological polar surface area (TPSA) is 96.5 Å². The highest BCUT2D eigenvalue weighted by Crippen LogP contribution is 2.25. The Bertz CT molecular complexity index is 1270. The van der Waals surface area contributed by atoms with Crippen molar-refractivity contribution in [1.82, 2.24) is 9.29 Å². The van der Waals surface area contributed by atoms with Crippen molar-refractivity contribution in [3.8, 4) is 0 Å². The predicted octanol–water partition coefficient (Wildman–Crippen LogP) is 4.08. The second-order valence-corrected chi connectivity index (χ2v) is 10.0. The molecule has 8 heteroatoms. The molecular formula is C24H26N2O5S. The maximum atomic E-state index is 13.1. The van der Waals surface area contributed by atoms with E-state index in [2.05, 4.69) is 4.98 Å². The Morgan fingerprint density at radius 3 is 2.53 bits per heavy atom. The van der Waals surface area contributed by atoms with Crippen molar-refractivity contribution >= 4 is 32.7 Å². The summed E-state index contributed by atoms with van der Waals surface area (Å²) in [5.41, 5.74) is 1.93. The van der Waals surface area contributed by atoms with Gasteiger partial charge in [-0.25, -0.2) is 13.2 Å². The molecule has 0 spiro atoms. The molecule has 168 valence electrons. The molecule has 32 heavy (non-hydrogen) atoms. The van der Waals surface area contributed by atoms with Gasteiger partial charge in [0.2, 0.25) is 15.8 Å². The van der Waals surface area contributed by atoms with Gasteiger partial charge >= 0.3 is 5.97 Å². The number of hydrogen-bond donors (Lipinski definition) is 1. The quantitative estimate of drug-likeness (QED) is 0.447. The van der Waals surface area contributed by atoms with Crippen LogP contribution in [0.15, 0.2) is 53.6 Å². The van der Waals surface area contributed by atoms with Crippen LogP contribution in [0.2, 0.25) is 0 Å². The van der Waals surface area contributed by atoms with Crippen LogP contribution >= 0.6 is 0 Å². The number of para-hydroxylation sites is 1. The summed E-state index contributed by atoms with van der Waals surface area (Å²) in [4.78, 5) is 28.8. The lowest BCUT2D eigenvalue weighted by atomic mass is 10.1. The van der Waals surface area contributed by atoms with Gasteiger partial charge in [-0.05, 0) is 50.5 Å². The normalized spacial score (nSPS) is 16.1. The number of Topliss-reactive ketones (excluding diaryl/α,β-unsaturated/α-hetero) is 1. The number of H-pyrrole nitrogens is 1. The van der Waals surface area contributed by atoms with Gasteiger partial charge in [-0.1, -0.05) is 30.7 Å². The summed E-state index contributed by atoms with van der Waals surface area (Å²) in [5.74, 6) is -1.06. The van der Waals surface area contributed by atoms with Crippen molar-refractivity contribution in [1.29, 1.82) is 0 Å². The molecule has 0 bridgehead atoms. The Balaban J connectivity index is 1.54. The van der Waals surface area contributed by atoms with E-state index in [1.54, 1.807) is 19.2 Å². The van der Waals surface area contributed by atoms with Gasteiger partial charge < -0.3 is 9.72 Å². The molecule has 1 fully saturated rings. The Kier molecular flexibility index (Phi) is 6.17. The molecule has 2 aromatic carbocycles. The third-order valence-corrected chi connectivity index (χ3v) is 7.91. The number of rotatable bonds is 6. The molecule has 0 saturated carbocycles. The number of ketones is 1. The van der Waals surface area contributed by atoms with Crippen LogP contribution in [0.25, 0.3) is 10.9 Å². The van der Waals surface area contributed by atoms with E-state index in [4.69, 9.17) is 4.74 Å². The molecule has 1 atom stereocenters. The van der Waals surface area contributed by atoms with Crippen molar-refractivity contribution in [2.75, 3.05) is 13.1 Å². The summed E-state index contributed by atoms with van der Waals surface area (Å²) >= 11 is 0. The molecule has 0 amide bonds. The van der Waals surface area contributed by atoms with Gasteiger partial charge in [-0.2, -0.15) is 4.31 Å². The van der Waals surface area contributed by atoms with E-state index in [0.717, 1.165) is 30.2 Å². The van der Waals surface area contributed by atoms with Crippen molar-refractivity contribution in [3.63, 3.8) is 0 Å². The van der Waals surface area contributed by atoms with Crippen LogP contribution in [0.5, 0.6) is 0 Å². The van der Waals surface area contributed by atoms with Crippen LogP contribution in [-0.2, 0) is 14.8 Å². The Morgan fingerprint density at radius 2 is 1.78 bits per heavy atom. The third kappa shape index (κ3) is 4.20. The number of nitrogens with zero attached hydrogens (tertiary/aromatic N) is 1. The minimum Gasteiger partial charge on any atom is -0.451 e. The maximum absolute atomic E-state index is 13.1. The smallest absolute Gasteiger partial charge is 0.338 e. The van der Waals surface area contributed by atoms with Crippen LogP contribution in [0.4, 0.5) is 0 Å². The number of fused-ring (bicyclic) bond motifs is 1. The van der Waals surface area contributed by atoms with Crippen LogP contribution in [0.1, 0.15) is 52.5 Å². The SMILES string of the molecule is Cc1ccc(C(=O)OC(C)C(=O)c2c[nH]c3ccccc23)cc1S(=O)(=O)N1CCCCC1. The number of aryl methyl sites for hydroxylation is 1. The van der Waals surface area contributed by atoms with Gasteiger partial charge in [0.15, 0.2) is 6.10 Å². The van der Waals surface area contributed by atoms with E-state index in [9.17, 15) is 18.0 Å².